The van der Waals surface area contributed by atoms with Gasteiger partial charge in [-0.25, -0.2) is 0 Å². The summed E-state index contributed by atoms with van der Waals surface area (Å²) in [6, 6.07) is 50.9. The van der Waals surface area contributed by atoms with Crippen LogP contribution in [0.4, 0.5) is 34.1 Å². The molecule has 6 aromatic rings. The van der Waals surface area contributed by atoms with E-state index in [1.54, 1.807) is 0 Å². The average Bonchev–Trinajstić information content (AvgIpc) is 3.12. The first-order valence-corrected chi connectivity index (χ1v) is 16.3. The maximum atomic E-state index is 10.5. The maximum Gasteiger partial charge on any atom is 0.0998 e. The number of anilines is 6. The first kappa shape index (κ1) is 29.3. The van der Waals surface area contributed by atoms with Crippen molar-refractivity contribution in [3.8, 4) is 23.3 Å². The standard InChI is InChI=1S/C44H34N4/c1-43(2)35-13-5-9-17-39(35)47(40-18-10-6-14-36(40)43)31-21-23-33(29(25-31)27-45)34-24-22-32(26-30(34)28-46)48-41-19-11-7-15-37(41)44(3,4)38-16-8-12-20-42(38)48/h5-26H,1-4H3. The van der Waals surface area contributed by atoms with Crippen molar-refractivity contribution < 1.29 is 0 Å². The van der Waals surface area contributed by atoms with Gasteiger partial charge in [0.2, 0.25) is 0 Å². The lowest BCUT2D eigenvalue weighted by Crippen LogP contribution is -2.30. The van der Waals surface area contributed by atoms with Crippen LogP contribution in [0.2, 0.25) is 0 Å². The Morgan fingerprint density at radius 3 is 1.00 bits per heavy atom. The zero-order chi connectivity index (χ0) is 33.2. The summed E-state index contributed by atoms with van der Waals surface area (Å²) in [5.74, 6) is 0. The molecule has 0 radical (unpaired) electrons. The lowest BCUT2D eigenvalue weighted by molar-refractivity contribution is 0.631. The van der Waals surface area contributed by atoms with E-state index in [4.69, 9.17) is 0 Å². The molecule has 0 unspecified atom stereocenters. The Morgan fingerprint density at radius 1 is 0.417 bits per heavy atom. The molecule has 48 heavy (non-hydrogen) atoms. The number of benzene rings is 6. The van der Waals surface area contributed by atoms with Gasteiger partial charge in [0.1, 0.15) is 0 Å². The molecule has 0 amide bonds. The van der Waals surface area contributed by atoms with Crippen LogP contribution in [0, 0.1) is 22.7 Å². The van der Waals surface area contributed by atoms with Gasteiger partial charge in [-0.2, -0.15) is 10.5 Å². The molecule has 0 atom stereocenters. The molecule has 0 saturated carbocycles. The number of nitrogens with zero attached hydrogens (tertiary/aromatic N) is 4. The van der Waals surface area contributed by atoms with Crippen molar-refractivity contribution in [3.05, 3.63) is 167 Å². The summed E-state index contributed by atoms with van der Waals surface area (Å²) in [5.41, 5.74) is 13.3. The number of para-hydroxylation sites is 4. The third-order valence-corrected chi connectivity index (χ3v) is 10.3. The second-order valence-electron chi connectivity index (χ2n) is 13.7. The number of fused-ring (bicyclic) bond motifs is 4. The molecule has 230 valence electrons. The zero-order valence-electron chi connectivity index (χ0n) is 27.5. The van der Waals surface area contributed by atoms with E-state index in [9.17, 15) is 10.5 Å². The largest absolute Gasteiger partial charge is 0.310 e. The van der Waals surface area contributed by atoms with Crippen molar-refractivity contribution in [2.75, 3.05) is 9.80 Å². The highest BCUT2D eigenvalue weighted by molar-refractivity contribution is 5.90. The van der Waals surface area contributed by atoms with Crippen LogP contribution in [0.25, 0.3) is 11.1 Å². The quantitative estimate of drug-likeness (QED) is 0.198. The van der Waals surface area contributed by atoms with Gasteiger partial charge in [-0.15, -0.1) is 0 Å². The Hall–Kier alpha value is -6.10. The molecule has 6 aromatic carbocycles. The molecule has 0 aromatic heterocycles. The van der Waals surface area contributed by atoms with Gasteiger partial charge in [-0.1, -0.05) is 113 Å². The summed E-state index contributed by atoms with van der Waals surface area (Å²) in [7, 11) is 0. The first-order valence-electron chi connectivity index (χ1n) is 16.3. The van der Waals surface area contributed by atoms with Crippen LogP contribution in [0.3, 0.4) is 0 Å². The highest BCUT2D eigenvalue weighted by Crippen LogP contribution is 2.53. The van der Waals surface area contributed by atoms with Crippen molar-refractivity contribution in [2.45, 2.75) is 38.5 Å². The van der Waals surface area contributed by atoms with Gasteiger partial charge >= 0.3 is 0 Å². The average molecular weight is 619 g/mol. The van der Waals surface area contributed by atoms with E-state index in [1.165, 1.54) is 22.3 Å². The summed E-state index contributed by atoms with van der Waals surface area (Å²) in [5, 5.41) is 21.0. The van der Waals surface area contributed by atoms with Gasteiger partial charge in [-0.05, 0) is 70.8 Å². The van der Waals surface area contributed by atoms with Gasteiger partial charge in [0.05, 0.1) is 46.0 Å². The minimum absolute atomic E-state index is 0.170. The molecule has 4 heteroatoms. The molecular weight excluding hydrogens is 585 g/mol. The minimum Gasteiger partial charge on any atom is -0.310 e. The highest BCUT2D eigenvalue weighted by atomic mass is 15.2. The Kier molecular flexibility index (Phi) is 6.55. The Bertz CT molecular complexity index is 2080. The molecule has 2 heterocycles. The molecule has 0 spiro atoms. The Balaban J connectivity index is 1.25. The van der Waals surface area contributed by atoms with Gasteiger partial charge in [0.25, 0.3) is 0 Å². The van der Waals surface area contributed by atoms with Crippen LogP contribution in [0.1, 0.15) is 61.1 Å². The molecule has 0 aliphatic carbocycles. The van der Waals surface area contributed by atoms with E-state index < -0.39 is 0 Å². The van der Waals surface area contributed by atoms with Crippen molar-refractivity contribution in [3.63, 3.8) is 0 Å². The molecule has 4 nitrogen and oxygen atoms in total. The molecule has 8 rings (SSSR count). The minimum atomic E-state index is -0.170. The van der Waals surface area contributed by atoms with E-state index >= 15 is 0 Å². The summed E-state index contributed by atoms with van der Waals surface area (Å²) >= 11 is 0. The third kappa shape index (κ3) is 4.20. The fourth-order valence-electron chi connectivity index (χ4n) is 7.89. The highest BCUT2D eigenvalue weighted by Gasteiger charge is 2.38. The van der Waals surface area contributed by atoms with Gasteiger partial charge in [-0.3, -0.25) is 0 Å². The summed E-state index contributed by atoms with van der Waals surface area (Å²) in [4.78, 5) is 4.50. The molecule has 2 aliphatic rings. The second-order valence-corrected chi connectivity index (χ2v) is 13.7. The summed E-state index contributed by atoms with van der Waals surface area (Å²) in [6.07, 6.45) is 0. The van der Waals surface area contributed by atoms with Crippen LogP contribution in [0.5, 0.6) is 0 Å². The summed E-state index contributed by atoms with van der Waals surface area (Å²) < 4.78 is 0. The lowest BCUT2D eigenvalue weighted by Gasteiger charge is -2.42. The van der Waals surface area contributed by atoms with Crippen molar-refractivity contribution in [2.24, 2.45) is 0 Å². The smallest absolute Gasteiger partial charge is 0.0998 e. The van der Waals surface area contributed by atoms with E-state index in [0.717, 1.165) is 45.3 Å². The fraction of sp³-hybridized carbons (Fsp3) is 0.136. The van der Waals surface area contributed by atoms with Crippen LogP contribution in [-0.2, 0) is 10.8 Å². The van der Waals surface area contributed by atoms with Crippen molar-refractivity contribution >= 4 is 34.1 Å². The third-order valence-electron chi connectivity index (χ3n) is 10.3. The van der Waals surface area contributed by atoms with Crippen LogP contribution >= 0.6 is 0 Å². The predicted octanol–water partition coefficient (Wildman–Crippen LogP) is 11.3. The van der Waals surface area contributed by atoms with Crippen molar-refractivity contribution in [1.82, 2.24) is 0 Å². The van der Waals surface area contributed by atoms with Crippen LogP contribution in [-0.4, -0.2) is 0 Å². The molecule has 0 saturated heterocycles. The second kappa shape index (κ2) is 10.7. The van der Waals surface area contributed by atoms with Gasteiger partial charge < -0.3 is 9.80 Å². The fourth-order valence-corrected chi connectivity index (χ4v) is 7.89. The topological polar surface area (TPSA) is 54.1 Å². The number of rotatable bonds is 3. The molecule has 0 bridgehead atoms. The molecule has 0 N–H and O–H groups in total. The van der Waals surface area contributed by atoms with E-state index in [-0.39, 0.29) is 10.8 Å². The number of nitriles is 2. The summed E-state index contributed by atoms with van der Waals surface area (Å²) in [6.45, 7) is 9.06. The SMILES string of the molecule is CC1(C)c2ccccc2N(c2ccc(-c3ccc(N4c5ccccc5C(C)(C)c5ccccc54)cc3C#N)c(C#N)c2)c2ccccc21. The lowest BCUT2D eigenvalue weighted by atomic mass is 9.73. The number of hydrogen-bond donors (Lipinski definition) is 0. The zero-order valence-corrected chi connectivity index (χ0v) is 27.5. The number of hydrogen-bond acceptors (Lipinski definition) is 4. The van der Waals surface area contributed by atoms with Crippen LogP contribution < -0.4 is 9.80 Å². The first-order chi connectivity index (χ1) is 23.3. The maximum absolute atomic E-state index is 10.5. The van der Waals surface area contributed by atoms with Gasteiger partial charge in [0.15, 0.2) is 0 Å². The Labute approximate surface area is 282 Å². The van der Waals surface area contributed by atoms with Gasteiger partial charge in [0, 0.05) is 33.3 Å². The van der Waals surface area contributed by atoms with Crippen molar-refractivity contribution in [1.29, 1.82) is 10.5 Å². The Morgan fingerprint density at radius 2 is 0.708 bits per heavy atom. The van der Waals surface area contributed by atoms with E-state index in [0.29, 0.717) is 11.1 Å². The predicted molar refractivity (Wildman–Crippen MR) is 195 cm³/mol. The molecular formula is C44H34N4. The van der Waals surface area contributed by atoms with E-state index in [1.807, 2.05) is 24.3 Å². The molecule has 2 aliphatic heterocycles. The monoisotopic (exact) mass is 618 g/mol. The van der Waals surface area contributed by atoms with E-state index in [2.05, 4.69) is 159 Å². The normalized spacial score (nSPS) is 14.9. The molecule has 0 fully saturated rings. The van der Waals surface area contributed by atoms with Crippen LogP contribution in [0.15, 0.2) is 133 Å².